The van der Waals surface area contributed by atoms with E-state index in [1.807, 2.05) is 30.3 Å². The number of anilines is 1. The van der Waals surface area contributed by atoms with Crippen LogP contribution in [0.3, 0.4) is 0 Å². The maximum atomic E-state index is 12.8. The third-order valence-corrected chi connectivity index (χ3v) is 4.69. The largest absolute Gasteiger partial charge is 0.483 e. The Labute approximate surface area is 155 Å². The first-order chi connectivity index (χ1) is 13.0. The van der Waals surface area contributed by atoms with Crippen molar-refractivity contribution < 1.29 is 19.4 Å². The van der Waals surface area contributed by atoms with Crippen LogP contribution in [0, 0.1) is 12.8 Å². The second-order valence-electron chi connectivity index (χ2n) is 6.35. The quantitative estimate of drug-likeness (QED) is 0.693. The molecule has 27 heavy (non-hydrogen) atoms. The molecule has 0 fully saturated rings. The summed E-state index contributed by atoms with van der Waals surface area (Å²) in [6.07, 6.45) is -1.05. The van der Waals surface area contributed by atoms with Gasteiger partial charge in [0.2, 0.25) is 0 Å². The summed E-state index contributed by atoms with van der Waals surface area (Å²) in [5.41, 5.74) is 8.23. The molecule has 0 bridgehead atoms. The monoisotopic (exact) mass is 363 g/mol. The Kier molecular flexibility index (Phi) is 3.92. The second-order valence-corrected chi connectivity index (χ2v) is 6.35. The summed E-state index contributed by atoms with van der Waals surface area (Å²) in [5, 5.41) is 14.1. The lowest BCUT2D eigenvalue weighted by Gasteiger charge is -2.30. The number of ketones is 1. The van der Waals surface area contributed by atoms with Crippen LogP contribution < -0.4 is 10.5 Å². The molecule has 0 radical (unpaired) electrons. The summed E-state index contributed by atoms with van der Waals surface area (Å²) in [7, 11) is 0. The molecule has 0 spiro atoms. The van der Waals surface area contributed by atoms with Crippen LogP contribution in [-0.4, -0.2) is 26.6 Å². The van der Waals surface area contributed by atoms with E-state index in [4.69, 9.17) is 10.5 Å². The van der Waals surface area contributed by atoms with Gasteiger partial charge < -0.3 is 15.6 Å². The molecule has 2 heterocycles. The number of carboxylic acid groups (broad SMARTS) is 1. The Bertz CT molecular complexity index is 1040. The highest BCUT2D eigenvalue weighted by molar-refractivity contribution is 6.11. The average molecular weight is 363 g/mol. The molecule has 0 saturated carbocycles. The van der Waals surface area contributed by atoms with E-state index in [0.29, 0.717) is 17.0 Å². The van der Waals surface area contributed by atoms with Gasteiger partial charge in [0.15, 0.2) is 11.7 Å². The van der Waals surface area contributed by atoms with Crippen LogP contribution in [-0.2, 0) is 4.79 Å². The Balaban J connectivity index is 1.86. The number of rotatable bonds is 3. The first-order valence-corrected chi connectivity index (χ1v) is 8.42. The van der Waals surface area contributed by atoms with E-state index in [1.54, 1.807) is 31.2 Å². The van der Waals surface area contributed by atoms with E-state index in [-0.39, 0.29) is 11.4 Å². The Hall–Kier alpha value is -3.61. The minimum atomic E-state index is -1.39. The molecule has 0 amide bonds. The molecule has 136 valence electrons. The van der Waals surface area contributed by atoms with Crippen molar-refractivity contribution in [3.8, 4) is 11.4 Å². The summed E-state index contributed by atoms with van der Waals surface area (Å²) >= 11 is 0. The van der Waals surface area contributed by atoms with Gasteiger partial charge in [-0.1, -0.05) is 30.3 Å². The van der Waals surface area contributed by atoms with E-state index in [2.05, 4.69) is 5.10 Å². The van der Waals surface area contributed by atoms with Crippen LogP contribution in [0.2, 0.25) is 0 Å². The lowest BCUT2D eigenvalue weighted by atomic mass is 9.85. The lowest BCUT2D eigenvalue weighted by molar-refractivity contribution is -0.143. The highest BCUT2D eigenvalue weighted by Crippen LogP contribution is 2.42. The van der Waals surface area contributed by atoms with Crippen molar-refractivity contribution in [3.05, 3.63) is 71.4 Å². The van der Waals surface area contributed by atoms with Gasteiger partial charge in [-0.05, 0) is 31.2 Å². The highest BCUT2D eigenvalue weighted by Gasteiger charge is 2.45. The number of hydrogen-bond donors (Lipinski definition) is 2. The fourth-order valence-corrected chi connectivity index (χ4v) is 3.42. The Morgan fingerprint density at radius 1 is 1.15 bits per heavy atom. The number of aromatic nitrogens is 2. The second kappa shape index (κ2) is 6.28. The first kappa shape index (κ1) is 16.8. The molecule has 3 N–H and O–H groups in total. The van der Waals surface area contributed by atoms with E-state index in [1.165, 1.54) is 4.68 Å². The SMILES string of the molecule is Cc1nn(-c2ccccc2)c(N)c1C1Oc2ccccc2C(=O)C1C(=O)O. The lowest BCUT2D eigenvalue weighted by Crippen LogP contribution is -2.37. The van der Waals surface area contributed by atoms with Gasteiger partial charge in [0.25, 0.3) is 0 Å². The third kappa shape index (κ3) is 2.64. The molecule has 1 aliphatic heterocycles. The van der Waals surface area contributed by atoms with Crippen molar-refractivity contribution in [2.24, 2.45) is 5.92 Å². The van der Waals surface area contributed by atoms with Crippen LogP contribution in [0.15, 0.2) is 54.6 Å². The van der Waals surface area contributed by atoms with Gasteiger partial charge in [0, 0.05) is 0 Å². The van der Waals surface area contributed by atoms with Crippen molar-refractivity contribution in [2.45, 2.75) is 13.0 Å². The number of aryl methyl sites for hydroxylation is 1. The normalized spacial score (nSPS) is 18.6. The fraction of sp³-hybridized carbons (Fsp3) is 0.150. The molecule has 2 atom stereocenters. The molecule has 4 rings (SSSR count). The summed E-state index contributed by atoms with van der Waals surface area (Å²) in [6, 6.07) is 15.9. The maximum Gasteiger partial charge on any atom is 0.318 e. The molecular formula is C20H17N3O4. The number of para-hydroxylation sites is 2. The van der Waals surface area contributed by atoms with E-state index in [9.17, 15) is 14.7 Å². The van der Waals surface area contributed by atoms with Crippen molar-refractivity contribution in [1.29, 1.82) is 0 Å². The van der Waals surface area contributed by atoms with Crippen molar-refractivity contribution in [3.63, 3.8) is 0 Å². The predicted octanol–water partition coefficient (Wildman–Crippen LogP) is 2.78. The van der Waals surface area contributed by atoms with Crippen LogP contribution in [0.5, 0.6) is 5.75 Å². The molecule has 3 aromatic rings. The fourth-order valence-electron chi connectivity index (χ4n) is 3.42. The topological polar surface area (TPSA) is 107 Å². The summed E-state index contributed by atoms with van der Waals surface area (Å²) in [6.45, 7) is 1.72. The molecule has 1 aliphatic rings. The van der Waals surface area contributed by atoms with E-state index < -0.39 is 23.8 Å². The number of Topliss-reactive ketones (excluding diaryl/α,β-unsaturated/α-hetero) is 1. The predicted molar refractivity (Wildman–Crippen MR) is 98.0 cm³/mol. The molecule has 7 heteroatoms. The van der Waals surface area contributed by atoms with Crippen LogP contribution in [0.1, 0.15) is 27.7 Å². The molecule has 2 aromatic carbocycles. The number of ether oxygens (including phenoxy) is 1. The molecule has 0 saturated heterocycles. The number of carbonyl (C=O) groups is 2. The van der Waals surface area contributed by atoms with Gasteiger partial charge in [0.05, 0.1) is 22.5 Å². The number of aliphatic carboxylic acids is 1. The minimum absolute atomic E-state index is 0.252. The number of nitrogens with two attached hydrogens (primary N) is 1. The number of carbonyl (C=O) groups excluding carboxylic acids is 1. The molecule has 1 aromatic heterocycles. The Morgan fingerprint density at radius 2 is 1.81 bits per heavy atom. The first-order valence-electron chi connectivity index (χ1n) is 8.42. The van der Waals surface area contributed by atoms with Gasteiger partial charge >= 0.3 is 5.97 Å². The zero-order valence-electron chi connectivity index (χ0n) is 14.5. The van der Waals surface area contributed by atoms with Gasteiger partial charge in [-0.3, -0.25) is 9.59 Å². The van der Waals surface area contributed by atoms with E-state index >= 15 is 0 Å². The van der Waals surface area contributed by atoms with Crippen molar-refractivity contribution >= 4 is 17.6 Å². The van der Waals surface area contributed by atoms with Crippen molar-refractivity contribution in [2.75, 3.05) is 5.73 Å². The molecular weight excluding hydrogens is 346 g/mol. The summed E-state index contributed by atoms with van der Waals surface area (Å²) in [5.74, 6) is -2.56. The van der Waals surface area contributed by atoms with Crippen LogP contribution in [0.4, 0.5) is 5.82 Å². The molecule has 7 nitrogen and oxygen atoms in total. The number of hydrogen-bond acceptors (Lipinski definition) is 5. The van der Waals surface area contributed by atoms with Crippen LogP contribution in [0.25, 0.3) is 5.69 Å². The molecule has 0 aliphatic carbocycles. The van der Waals surface area contributed by atoms with Gasteiger partial charge in [0.1, 0.15) is 17.7 Å². The third-order valence-electron chi connectivity index (χ3n) is 4.69. The number of nitrogen functional groups attached to an aromatic ring is 1. The zero-order valence-corrected chi connectivity index (χ0v) is 14.5. The molecule has 2 unspecified atom stereocenters. The average Bonchev–Trinajstić information content (AvgIpc) is 2.96. The Morgan fingerprint density at radius 3 is 2.52 bits per heavy atom. The van der Waals surface area contributed by atoms with E-state index in [0.717, 1.165) is 5.69 Å². The van der Waals surface area contributed by atoms with Gasteiger partial charge in [-0.25, -0.2) is 4.68 Å². The standard InChI is InChI=1S/C20H17N3O4/c1-11-15(19(21)23(22-11)12-7-3-2-4-8-12)18-16(20(25)26)17(24)13-9-5-6-10-14(13)27-18/h2-10,16,18H,21H2,1H3,(H,25,26). The maximum absolute atomic E-state index is 12.8. The highest BCUT2D eigenvalue weighted by atomic mass is 16.5. The minimum Gasteiger partial charge on any atom is -0.483 e. The number of carboxylic acids is 1. The number of benzene rings is 2. The van der Waals surface area contributed by atoms with Gasteiger partial charge in [-0.15, -0.1) is 0 Å². The number of fused-ring (bicyclic) bond motifs is 1. The summed E-state index contributed by atoms with van der Waals surface area (Å²) in [4.78, 5) is 24.7. The van der Waals surface area contributed by atoms with Gasteiger partial charge in [-0.2, -0.15) is 5.10 Å². The van der Waals surface area contributed by atoms with Crippen molar-refractivity contribution in [1.82, 2.24) is 9.78 Å². The zero-order chi connectivity index (χ0) is 19.1. The number of nitrogens with zero attached hydrogens (tertiary/aromatic N) is 2. The van der Waals surface area contributed by atoms with Crippen LogP contribution >= 0.6 is 0 Å². The summed E-state index contributed by atoms with van der Waals surface area (Å²) < 4.78 is 7.46. The smallest absolute Gasteiger partial charge is 0.318 e.